The average Bonchev–Trinajstić information content (AvgIpc) is 3.98. The number of rotatable bonds is 13. The normalized spacial score (nSPS) is 57.1. The minimum absolute atomic E-state index is 0.0272. The van der Waals surface area contributed by atoms with Crippen LogP contribution in [-0.4, -0.2) is 207 Å². The smallest absolute Gasteiger partial charge is 0.187 e. The van der Waals surface area contributed by atoms with Gasteiger partial charge in [-0.2, -0.15) is 0 Å². The molecule has 5 N–H and O–H groups in total. The lowest BCUT2D eigenvalue weighted by Crippen LogP contribution is -2.62. The second-order valence-corrected chi connectivity index (χ2v) is 24.4. The highest BCUT2D eigenvalue weighted by molar-refractivity contribution is 5.30. The molecule has 0 aromatic carbocycles. The summed E-state index contributed by atoms with van der Waals surface area (Å²) in [5, 5.41) is 52.2. The minimum Gasteiger partial charge on any atom is -0.394 e. The number of hydrogen-bond donors (Lipinski definition) is 5. The Balaban J connectivity index is 0.659. The van der Waals surface area contributed by atoms with Crippen molar-refractivity contribution in [3.8, 4) is 0 Å². The minimum atomic E-state index is -1.59. The molecule has 30 atom stereocenters. The van der Waals surface area contributed by atoms with Crippen LogP contribution in [0.2, 0.25) is 0 Å². The molecule has 20 heteroatoms. The molecule has 0 amide bonds. The van der Waals surface area contributed by atoms with Crippen molar-refractivity contribution in [1.29, 1.82) is 0 Å². The highest BCUT2D eigenvalue weighted by atomic mass is 16.8. The van der Waals surface area contributed by atoms with Gasteiger partial charge in [0.25, 0.3) is 0 Å². The monoisotopic (exact) mass is 1050 g/mol. The fourth-order valence-corrected chi connectivity index (χ4v) is 16.5. The third-order valence-corrected chi connectivity index (χ3v) is 20.3. The van der Waals surface area contributed by atoms with Gasteiger partial charge in [-0.15, -0.1) is 0 Å². The quantitative estimate of drug-likeness (QED) is 0.167. The van der Waals surface area contributed by atoms with Crippen molar-refractivity contribution in [2.75, 3.05) is 34.5 Å². The second kappa shape index (κ2) is 20.8. The molecule has 10 fully saturated rings. The van der Waals surface area contributed by atoms with Crippen molar-refractivity contribution in [2.24, 2.45) is 34.5 Å². The van der Waals surface area contributed by atoms with E-state index in [4.69, 9.17) is 71.1 Å². The summed E-state index contributed by atoms with van der Waals surface area (Å²) < 4.78 is 95.4. The highest BCUT2D eigenvalue weighted by Crippen LogP contribution is 2.76. The molecule has 3 aliphatic carbocycles. The first-order valence-corrected chi connectivity index (χ1v) is 27.8. The molecule has 2 bridgehead atoms. The highest BCUT2D eigenvalue weighted by Gasteiger charge is 2.83. The van der Waals surface area contributed by atoms with E-state index in [0.717, 1.165) is 38.5 Å². The first-order valence-electron chi connectivity index (χ1n) is 27.8. The van der Waals surface area contributed by atoms with Gasteiger partial charge in [-0.1, -0.05) is 25.5 Å². The molecular formula is C54H86O20. The molecule has 0 radical (unpaired) electrons. The molecule has 422 valence electrons. The lowest BCUT2D eigenvalue weighted by molar-refractivity contribution is -0.358. The second-order valence-electron chi connectivity index (χ2n) is 24.4. The Kier molecular flexibility index (Phi) is 15.4. The molecule has 8 saturated heterocycles. The zero-order valence-corrected chi connectivity index (χ0v) is 44.9. The van der Waals surface area contributed by atoms with Gasteiger partial charge >= 0.3 is 0 Å². The summed E-state index contributed by atoms with van der Waals surface area (Å²) >= 11 is 0. The number of aliphatic hydroxyl groups is 5. The Labute approximate surface area is 435 Å². The molecule has 8 aliphatic heterocycles. The summed E-state index contributed by atoms with van der Waals surface area (Å²) in [5.74, 6) is 0.353. The fraction of sp³-hybridized carbons (Fsp3) is 0.963. The number of allylic oxidation sites excluding steroid dienone is 2. The zero-order chi connectivity index (χ0) is 52.4. The van der Waals surface area contributed by atoms with Gasteiger partial charge in [0.2, 0.25) is 0 Å². The third kappa shape index (κ3) is 9.04. The van der Waals surface area contributed by atoms with E-state index >= 15 is 0 Å². The zero-order valence-electron chi connectivity index (χ0n) is 44.9. The first kappa shape index (κ1) is 54.9. The van der Waals surface area contributed by atoms with E-state index in [1.165, 1.54) is 13.5 Å². The van der Waals surface area contributed by atoms with Crippen LogP contribution in [0, 0.1) is 34.5 Å². The van der Waals surface area contributed by atoms with Crippen molar-refractivity contribution in [2.45, 2.75) is 259 Å². The van der Waals surface area contributed by atoms with Gasteiger partial charge in [0.05, 0.1) is 80.2 Å². The van der Waals surface area contributed by atoms with Gasteiger partial charge in [0, 0.05) is 58.3 Å². The number of fused-ring (bicyclic) bond motifs is 3. The number of ether oxygens (including phenoxy) is 15. The predicted molar refractivity (Wildman–Crippen MR) is 256 cm³/mol. The van der Waals surface area contributed by atoms with Gasteiger partial charge in [-0.3, -0.25) is 0 Å². The first-order chi connectivity index (χ1) is 35.3. The van der Waals surface area contributed by atoms with Crippen molar-refractivity contribution in [3.63, 3.8) is 0 Å². The van der Waals surface area contributed by atoms with E-state index < -0.39 is 123 Å². The van der Waals surface area contributed by atoms with E-state index in [-0.39, 0.29) is 60.1 Å². The van der Waals surface area contributed by atoms with Crippen LogP contribution in [0.5, 0.6) is 0 Å². The summed E-state index contributed by atoms with van der Waals surface area (Å²) in [7, 11) is 4.91. The molecule has 0 aromatic heterocycles. The van der Waals surface area contributed by atoms with Crippen LogP contribution in [0.3, 0.4) is 0 Å². The Morgan fingerprint density at radius 2 is 1.20 bits per heavy atom. The van der Waals surface area contributed by atoms with E-state index in [1.807, 2.05) is 6.92 Å². The van der Waals surface area contributed by atoms with Crippen LogP contribution in [0.15, 0.2) is 11.6 Å². The maximum absolute atomic E-state index is 11.5. The molecular weight excluding hydrogens is 969 g/mol. The molecule has 20 nitrogen and oxygen atoms in total. The van der Waals surface area contributed by atoms with Gasteiger partial charge in [-0.05, 0) is 90.4 Å². The van der Waals surface area contributed by atoms with Crippen LogP contribution >= 0.6 is 0 Å². The van der Waals surface area contributed by atoms with E-state index in [9.17, 15) is 25.5 Å². The molecule has 11 aliphatic rings. The molecule has 74 heavy (non-hydrogen) atoms. The summed E-state index contributed by atoms with van der Waals surface area (Å²) in [4.78, 5) is 0. The van der Waals surface area contributed by atoms with E-state index in [2.05, 4.69) is 33.8 Å². The number of methoxy groups -OCH3 is 3. The molecule has 0 aromatic rings. The summed E-state index contributed by atoms with van der Waals surface area (Å²) in [6, 6.07) is 0. The Morgan fingerprint density at radius 3 is 1.81 bits per heavy atom. The Bertz CT molecular complexity index is 1990. The van der Waals surface area contributed by atoms with Crippen LogP contribution in [-0.2, 0) is 71.1 Å². The lowest BCUT2D eigenvalue weighted by atomic mass is 9.47. The Morgan fingerprint density at radius 1 is 0.622 bits per heavy atom. The maximum Gasteiger partial charge on any atom is 0.187 e. The average molecular weight is 1060 g/mol. The van der Waals surface area contributed by atoms with Crippen molar-refractivity contribution < 1.29 is 96.6 Å². The van der Waals surface area contributed by atoms with E-state index in [1.54, 1.807) is 33.6 Å². The molecule has 0 spiro atoms. The predicted octanol–water partition coefficient (Wildman–Crippen LogP) is 2.97. The van der Waals surface area contributed by atoms with Crippen molar-refractivity contribution in [3.05, 3.63) is 11.6 Å². The number of aliphatic hydroxyl groups excluding tert-OH is 5. The topological polar surface area (TPSA) is 240 Å². The van der Waals surface area contributed by atoms with E-state index in [0.29, 0.717) is 30.8 Å². The summed E-state index contributed by atoms with van der Waals surface area (Å²) in [5.41, 5.74) is 1.64. The van der Waals surface area contributed by atoms with Crippen LogP contribution in [0.4, 0.5) is 0 Å². The van der Waals surface area contributed by atoms with Crippen LogP contribution < -0.4 is 0 Å². The SMILES string of the molecule is CO[C@H]1C[C@H]([C@H]2CC[C@@]3(C)C(=CC[C@@H]4[C@@H]3CC[C@]3(C)[C@@H]5[C@H]6CO[C@]5(C)O[C@@]43O6)C2)O[C@H](C)[C@@H]1O[C@H]1C[C@@H](OC)[C@H](O[C@H]2C[C@@H](O)[C@H](O[C@H]3C[C@@H](OC)[C@@H](O[C@H]4O[C@H](CO)[C@H](O)[C@H](O)[C@H]4O)[C@H](C)O3)[C@@H](C)O2)[C@@H](C)O1. The molecule has 11 rings (SSSR count). The fourth-order valence-electron chi connectivity index (χ4n) is 16.5. The molecule has 2 saturated carbocycles. The third-order valence-electron chi connectivity index (χ3n) is 20.3. The van der Waals surface area contributed by atoms with Crippen molar-refractivity contribution in [1.82, 2.24) is 0 Å². The maximum atomic E-state index is 11.5. The van der Waals surface area contributed by atoms with Gasteiger partial charge in [0.1, 0.15) is 48.8 Å². The Hall–Kier alpha value is -1.06. The van der Waals surface area contributed by atoms with Gasteiger partial charge in [-0.25, -0.2) is 0 Å². The summed E-state index contributed by atoms with van der Waals surface area (Å²) in [6.45, 7) is 14.7. The van der Waals surface area contributed by atoms with Crippen LogP contribution in [0.1, 0.15) is 113 Å². The lowest BCUT2D eigenvalue weighted by Gasteiger charge is -2.59. The molecule has 8 heterocycles. The van der Waals surface area contributed by atoms with Crippen LogP contribution in [0.25, 0.3) is 0 Å². The molecule has 0 unspecified atom stereocenters. The van der Waals surface area contributed by atoms with Gasteiger partial charge in [0.15, 0.2) is 36.7 Å². The van der Waals surface area contributed by atoms with Gasteiger partial charge < -0.3 is 96.6 Å². The number of hydrogen-bond acceptors (Lipinski definition) is 20. The summed E-state index contributed by atoms with van der Waals surface area (Å²) in [6.07, 6.45) is -5.40. The van der Waals surface area contributed by atoms with Crippen molar-refractivity contribution >= 4 is 0 Å². The largest absolute Gasteiger partial charge is 0.394 e. The standard InChI is InChI=1S/C54H86O20/c1-24-45(69-40-21-36(62-10)48(27(4)67-40)72-50-44(59)43(58)42(57)37(22-55)68-50)32(56)18-39(65-24)70-47-26(3)66-41(20-35(47)61-9)71-46-25(2)64-33(19-34(46)60-8)28-13-15-51(5)29(17-28)11-12-31-30(51)14-16-52(6)49-38-23-63-53(49,7)74-54(31,52)73-38/h11,24-28,30-50,55-59H,12-23H2,1-10H3/t24-,25-,26-,27+,28+,30+,31-,32-,33-,34+,35-,36-,37-,38-,39+,40+,41+,42+,43+,44-,45-,46+,47-,48+,49+,50-,51+,52-,53-,54+/m1/s1.